The number of carbonyl (C=O) groups is 2. The zero-order valence-corrected chi connectivity index (χ0v) is 35.4. The van der Waals surface area contributed by atoms with E-state index in [1.165, 1.54) is 25.0 Å². The average Bonchev–Trinajstić information content (AvgIpc) is 3.00. The molecule has 2 aromatic carbocycles. The normalized spacial score (nSPS) is 10.1. The first-order valence-electron chi connectivity index (χ1n) is 16.8. The molecule has 2 heterocycles. The van der Waals surface area contributed by atoms with Crippen molar-refractivity contribution >= 4 is 72.8 Å². The molecule has 2 aromatic heterocycles. The van der Waals surface area contributed by atoms with Gasteiger partial charge >= 0.3 is 0 Å². The van der Waals surface area contributed by atoms with Crippen molar-refractivity contribution in [2.45, 2.75) is 95.2 Å². The summed E-state index contributed by atoms with van der Waals surface area (Å²) >= 11 is 0. The van der Waals surface area contributed by atoms with E-state index < -0.39 is 0 Å². The SMILES string of the molecule is CC(=O)Nc1c(C)nc(CC(C)C)c(CN)c1-c1ccc(C)cc1.CC(=O)Nc1c(C)nc(CC(C)C)c(CN)c1-c1ccc(C)cc1.Cl.Cl.Cl.Cl. The van der Waals surface area contributed by atoms with Crippen molar-refractivity contribution in [2.24, 2.45) is 23.3 Å². The number of nitrogens with two attached hydrogens (primary N) is 2. The predicted molar refractivity (Wildman–Crippen MR) is 229 cm³/mol. The van der Waals surface area contributed by atoms with Crippen LogP contribution in [0.2, 0.25) is 0 Å². The van der Waals surface area contributed by atoms with Gasteiger partial charge in [-0.1, -0.05) is 87.4 Å². The first-order chi connectivity index (χ1) is 22.7. The maximum Gasteiger partial charge on any atom is 0.221 e. The Morgan fingerprint density at radius 1 is 0.577 bits per heavy atom. The van der Waals surface area contributed by atoms with E-state index in [-0.39, 0.29) is 61.4 Å². The van der Waals surface area contributed by atoms with Crippen molar-refractivity contribution < 1.29 is 9.59 Å². The molecule has 0 saturated carbocycles. The highest BCUT2D eigenvalue weighted by atomic mass is 35.5. The number of nitrogens with zero attached hydrogens (tertiary/aromatic N) is 2. The molecule has 0 bridgehead atoms. The Kier molecular flexibility index (Phi) is 22.9. The van der Waals surface area contributed by atoms with Crippen LogP contribution < -0.4 is 22.1 Å². The summed E-state index contributed by atoms with van der Waals surface area (Å²) in [6.07, 6.45) is 1.74. The van der Waals surface area contributed by atoms with Crippen LogP contribution in [0.3, 0.4) is 0 Å². The van der Waals surface area contributed by atoms with Gasteiger partial charge in [0.15, 0.2) is 0 Å². The lowest BCUT2D eigenvalue weighted by molar-refractivity contribution is -0.115. The molecule has 0 saturated heterocycles. The van der Waals surface area contributed by atoms with Crippen molar-refractivity contribution in [1.29, 1.82) is 0 Å². The molecule has 288 valence electrons. The largest absolute Gasteiger partial charge is 0.326 e. The zero-order chi connectivity index (χ0) is 35.7. The van der Waals surface area contributed by atoms with E-state index in [1.807, 2.05) is 13.8 Å². The molecule has 2 amide bonds. The summed E-state index contributed by atoms with van der Waals surface area (Å²) in [5, 5.41) is 5.91. The number of hydrogen-bond donors (Lipinski definition) is 4. The van der Waals surface area contributed by atoms with Crippen LogP contribution in [0.25, 0.3) is 22.3 Å². The molecule has 0 radical (unpaired) electrons. The molecular formula is C40H58Cl4N6O2. The Hall–Kier alpha value is -3.24. The molecular weight excluding hydrogens is 738 g/mol. The third kappa shape index (κ3) is 13.6. The number of anilines is 2. The summed E-state index contributed by atoms with van der Waals surface area (Å²) < 4.78 is 0. The second-order valence-electron chi connectivity index (χ2n) is 13.4. The van der Waals surface area contributed by atoms with E-state index in [2.05, 4.69) is 101 Å². The Labute approximate surface area is 335 Å². The smallest absolute Gasteiger partial charge is 0.221 e. The molecule has 0 aliphatic carbocycles. The molecule has 0 spiro atoms. The summed E-state index contributed by atoms with van der Waals surface area (Å²) in [5.74, 6) is 0.764. The zero-order valence-electron chi connectivity index (χ0n) is 32.1. The van der Waals surface area contributed by atoms with Gasteiger partial charge in [0.25, 0.3) is 0 Å². The van der Waals surface area contributed by atoms with Crippen molar-refractivity contribution in [2.75, 3.05) is 10.6 Å². The van der Waals surface area contributed by atoms with Crippen LogP contribution in [0, 0.1) is 39.5 Å². The number of aromatic nitrogens is 2. The molecule has 4 rings (SSSR count). The number of carbonyl (C=O) groups excluding carboxylic acids is 2. The minimum Gasteiger partial charge on any atom is -0.326 e. The predicted octanol–water partition coefficient (Wildman–Crippen LogP) is 9.65. The first-order valence-corrected chi connectivity index (χ1v) is 16.8. The van der Waals surface area contributed by atoms with Crippen molar-refractivity contribution in [3.63, 3.8) is 0 Å². The summed E-state index contributed by atoms with van der Waals surface area (Å²) in [4.78, 5) is 32.9. The number of hydrogen-bond acceptors (Lipinski definition) is 6. The maximum atomic E-state index is 11.7. The lowest BCUT2D eigenvalue weighted by atomic mass is 9.92. The highest BCUT2D eigenvalue weighted by molar-refractivity contribution is 5.97. The summed E-state index contributed by atoms with van der Waals surface area (Å²) in [5.41, 5.74) is 25.9. The minimum absolute atomic E-state index is 0. The van der Waals surface area contributed by atoms with E-state index in [4.69, 9.17) is 21.4 Å². The van der Waals surface area contributed by atoms with Gasteiger partial charge in [0.1, 0.15) is 0 Å². The molecule has 12 heteroatoms. The summed E-state index contributed by atoms with van der Waals surface area (Å²) in [6.45, 7) is 20.5. The molecule has 6 N–H and O–H groups in total. The van der Waals surface area contributed by atoms with E-state index in [0.29, 0.717) is 24.9 Å². The van der Waals surface area contributed by atoms with Crippen LogP contribution in [0.15, 0.2) is 48.5 Å². The molecule has 0 fully saturated rings. The van der Waals surface area contributed by atoms with Crippen LogP contribution in [-0.4, -0.2) is 21.8 Å². The highest BCUT2D eigenvalue weighted by Gasteiger charge is 2.21. The summed E-state index contributed by atoms with van der Waals surface area (Å²) in [7, 11) is 0. The molecule has 0 aliphatic heterocycles. The van der Waals surface area contributed by atoms with Crippen molar-refractivity contribution in [3.8, 4) is 22.3 Å². The van der Waals surface area contributed by atoms with Gasteiger partial charge in [-0.25, -0.2) is 0 Å². The van der Waals surface area contributed by atoms with Gasteiger partial charge in [0.2, 0.25) is 11.8 Å². The van der Waals surface area contributed by atoms with Gasteiger partial charge in [-0.3, -0.25) is 19.6 Å². The van der Waals surface area contributed by atoms with Crippen LogP contribution in [0.4, 0.5) is 11.4 Å². The van der Waals surface area contributed by atoms with E-state index in [0.717, 1.165) is 80.4 Å². The van der Waals surface area contributed by atoms with E-state index in [9.17, 15) is 9.59 Å². The quantitative estimate of drug-likeness (QED) is 0.126. The maximum absolute atomic E-state index is 11.7. The number of rotatable bonds is 10. The van der Waals surface area contributed by atoms with Gasteiger partial charge in [0, 0.05) is 49.5 Å². The third-order valence-electron chi connectivity index (χ3n) is 8.02. The first kappa shape index (κ1) is 50.9. The van der Waals surface area contributed by atoms with Gasteiger partial charge in [-0.2, -0.15) is 0 Å². The second-order valence-corrected chi connectivity index (χ2v) is 13.4. The third-order valence-corrected chi connectivity index (χ3v) is 8.02. The Morgan fingerprint density at radius 2 is 0.865 bits per heavy atom. The van der Waals surface area contributed by atoms with Crippen molar-refractivity contribution in [1.82, 2.24) is 9.97 Å². The van der Waals surface area contributed by atoms with Crippen LogP contribution in [-0.2, 0) is 35.5 Å². The molecule has 4 aromatic rings. The number of nitrogens with one attached hydrogen (secondary N) is 2. The van der Waals surface area contributed by atoms with Gasteiger partial charge < -0.3 is 22.1 Å². The monoisotopic (exact) mass is 794 g/mol. The highest BCUT2D eigenvalue weighted by Crippen LogP contribution is 2.37. The van der Waals surface area contributed by atoms with Crippen LogP contribution >= 0.6 is 49.6 Å². The number of amides is 2. The Morgan fingerprint density at radius 3 is 1.10 bits per heavy atom. The van der Waals surface area contributed by atoms with Crippen LogP contribution in [0.1, 0.15) is 86.6 Å². The topological polar surface area (TPSA) is 136 Å². The standard InChI is InChI=1S/2C20H27N3O.4ClH/c2*1-12(2)10-18-17(11-21)19(16-8-6-13(3)7-9-16)20(14(4)22-18)23-15(5)24;;;;/h2*6-9,12H,10-11,21H2,1-5H3,(H,23,24);4*1H. The van der Waals surface area contributed by atoms with Crippen molar-refractivity contribution in [3.05, 3.63) is 93.6 Å². The fraction of sp³-hybridized carbons (Fsp3) is 0.400. The lowest BCUT2D eigenvalue weighted by Gasteiger charge is -2.21. The average molecular weight is 797 g/mol. The van der Waals surface area contributed by atoms with Gasteiger partial charge in [0.05, 0.1) is 22.8 Å². The molecule has 0 unspecified atom stereocenters. The van der Waals surface area contributed by atoms with E-state index >= 15 is 0 Å². The Balaban J connectivity index is 0. The molecule has 0 aliphatic rings. The van der Waals surface area contributed by atoms with Gasteiger partial charge in [-0.05, 0) is 74.6 Å². The number of benzene rings is 2. The Bertz CT molecular complexity index is 1620. The number of aryl methyl sites for hydroxylation is 4. The lowest BCUT2D eigenvalue weighted by Crippen LogP contribution is -2.16. The molecule has 0 atom stereocenters. The molecule has 52 heavy (non-hydrogen) atoms. The number of pyridine rings is 2. The minimum atomic E-state index is -0.104. The van der Waals surface area contributed by atoms with Gasteiger partial charge in [-0.15, -0.1) is 49.6 Å². The fourth-order valence-electron chi connectivity index (χ4n) is 5.89. The van der Waals surface area contributed by atoms with E-state index in [1.54, 1.807) is 0 Å². The summed E-state index contributed by atoms with van der Waals surface area (Å²) in [6, 6.07) is 16.6. The fourth-order valence-corrected chi connectivity index (χ4v) is 5.89. The second kappa shape index (κ2) is 23.4. The van der Waals surface area contributed by atoms with Crippen LogP contribution in [0.5, 0.6) is 0 Å². The molecule has 8 nitrogen and oxygen atoms in total. The number of halogens is 4.